The Morgan fingerprint density at radius 3 is 2.38 bits per heavy atom. The summed E-state index contributed by atoms with van der Waals surface area (Å²) in [5, 5.41) is 0. The number of sulfonamides is 1. The molecule has 0 spiro atoms. The molecule has 1 N–H and O–H groups in total. The van der Waals surface area contributed by atoms with Gasteiger partial charge < -0.3 is 4.90 Å². The van der Waals surface area contributed by atoms with Crippen molar-refractivity contribution in [2.45, 2.75) is 43.0 Å². The zero-order valence-corrected chi connectivity index (χ0v) is 15.7. The van der Waals surface area contributed by atoms with Crippen LogP contribution in [0.2, 0.25) is 0 Å². The first-order valence-electron chi connectivity index (χ1n) is 8.92. The van der Waals surface area contributed by atoms with Gasteiger partial charge in [0.05, 0.1) is 4.90 Å². The molecule has 2 aromatic rings. The van der Waals surface area contributed by atoms with Gasteiger partial charge in [0.2, 0.25) is 0 Å². The number of anilines is 1. The van der Waals surface area contributed by atoms with Crippen LogP contribution in [-0.2, 0) is 10.0 Å². The van der Waals surface area contributed by atoms with Crippen molar-refractivity contribution in [1.82, 2.24) is 4.90 Å². The summed E-state index contributed by atoms with van der Waals surface area (Å²) in [7, 11) is -1.84. The fraction of sp³-hybridized carbons (Fsp3) is 0.350. The molecular formula is C20H24N2O3S. The lowest BCUT2D eigenvalue weighted by atomic mass is 9.94. The van der Waals surface area contributed by atoms with Crippen LogP contribution in [0.25, 0.3) is 0 Å². The molecule has 1 aliphatic carbocycles. The summed E-state index contributed by atoms with van der Waals surface area (Å²) in [6.45, 7) is 0. The SMILES string of the molecule is CN(C(=O)c1cccc(NS(=O)(=O)c2ccccc2)c1)C1CCCCC1. The van der Waals surface area contributed by atoms with Crippen LogP contribution in [0.1, 0.15) is 42.5 Å². The Kier molecular flexibility index (Phi) is 5.61. The molecule has 1 saturated carbocycles. The van der Waals surface area contributed by atoms with E-state index in [1.54, 1.807) is 47.4 Å². The molecule has 2 aromatic carbocycles. The maximum atomic E-state index is 12.8. The minimum Gasteiger partial charge on any atom is -0.339 e. The van der Waals surface area contributed by atoms with E-state index in [4.69, 9.17) is 0 Å². The number of carbonyl (C=O) groups is 1. The molecule has 1 aliphatic rings. The van der Waals surface area contributed by atoms with Gasteiger partial charge in [-0.1, -0.05) is 43.5 Å². The highest BCUT2D eigenvalue weighted by atomic mass is 32.2. The molecule has 0 radical (unpaired) electrons. The minimum absolute atomic E-state index is 0.0716. The molecule has 0 unspecified atom stereocenters. The number of amides is 1. The molecule has 3 rings (SSSR count). The zero-order chi connectivity index (χ0) is 18.6. The van der Waals surface area contributed by atoms with Crippen molar-refractivity contribution in [3.63, 3.8) is 0 Å². The second-order valence-corrected chi connectivity index (χ2v) is 8.39. The summed E-state index contributed by atoms with van der Waals surface area (Å²) in [4.78, 5) is 14.8. The fourth-order valence-electron chi connectivity index (χ4n) is 3.37. The van der Waals surface area contributed by atoms with Crippen LogP contribution < -0.4 is 4.72 Å². The van der Waals surface area contributed by atoms with Gasteiger partial charge >= 0.3 is 0 Å². The summed E-state index contributed by atoms with van der Waals surface area (Å²) < 4.78 is 27.5. The summed E-state index contributed by atoms with van der Waals surface area (Å²) in [5.41, 5.74) is 0.878. The van der Waals surface area contributed by atoms with Crippen LogP contribution in [0.3, 0.4) is 0 Å². The molecule has 0 heterocycles. The largest absolute Gasteiger partial charge is 0.339 e. The molecule has 0 saturated heterocycles. The van der Waals surface area contributed by atoms with E-state index in [2.05, 4.69) is 4.72 Å². The van der Waals surface area contributed by atoms with Crippen LogP contribution in [-0.4, -0.2) is 32.3 Å². The van der Waals surface area contributed by atoms with Gasteiger partial charge in [-0.05, 0) is 43.2 Å². The van der Waals surface area contributed by atoms with Gasteiger partial charge in [0.15, 0.2) is 0 Å². The van der Waals surface area contributed by atoms with Crippen molar-refractivity contribution in [1.29, 1.82) is 0 Å². The Hall–Kier alpha value is -2.34. The normalized spacial score (nSPS) is 15.4. The highest BCUT2D eigenvalue weighted by molar-refractivity contribution is 7.92. The molecule has 0 atom stereocenters. The average Bonchev–Trinajstić information content (AvgIpc) is 2.68. The monoisotopic (exact) mass is 372 g/mol. The van der Waals surface area contributed by atoms with E-state index in [1.165, 1.54) is 18.6 Å². The summed E-state index contributed by atoms with van der Waals surface area (Å²) >= 11 is 0. The molecule has 1 amide bonds. The van der Waals surface area contributed by atoms with Crippen molar-refractivity contribution in [2.24, 2.45) is 0 Å². The van der Waals surface area contributed by atoms with Crippen molar-refractivity contribution in [3.8, 4) is 0 Å². The number of nitrogens with zero attached hydrogens (tertiary/aromatic N) is 1. The van der Waals surface area contributed by atoms with Gasteiger partial charge in [-0.25, -0.2) is 8.42 Å². The van der Waals surface area contributed by atoms with Crippen molar-refractivity contribution < 1.29 is 13.2 Å². The first kappa shape index (κ1) is 18.5. The Balaban J connectivity index is 1.76. The maximum absolute atomic E-state index is 12.8. The number of hydrogen-bond donors (Lipinski definition) is 1. The van der Waals surface area contributed by atoms with E-state index < -0.39 is 10.0 Å². The van der Waals surface area contributed by atoms with Gasteiger partial charge in [-0.3, -0.25) is 9.52 Å². The van der Waals surface area contributed by atoms with Crippen LogP contribution in [0.4, 0.5) is 5.69 Å². The van der Waals surface area contributed by atoms with Crippen molar-refractivity contribution in [3.05, 3.63) is 60.2 Å². The second kappa shape index (κ2) is 7.91. The molecule has 6 heteroatoms. The Morgan fingerprint density at radius 1 is 1.00 bits per heavy atom. The molecule has 0 aliphatic heterocycles. The molecule has 5 nitrogen and oxygen atoms in total. The van der Waals surface area contributed by atoms with E-state index in [0.717, 1.165) is 25.7 Å². The van der Waals surface area contributed by atoms with E-state index in [9.17, 15) is 13.2 Å². The first-order valence-corrected chi connectivity index (χ1v) is 10.4. The topological polar surface area (TPSA) is 66.5 Å². The van der Waals surface area contributed by atoms with Crippen molar-refractivity contribution in [2.75, 3.05) is 11.8 Å². The number of nitrogens with one attached hydrogen (secondary N) is 1. The first-order chi connectivity index (χ1) is 12.5. The minimum atomic E-state index is -3.67. The van der Waals surface area contributed by atoms with Crippen molar-refractivity contribution >= 4 is 21.6 Å². The van der Waals surface area contributed by atoms with Gasteiger partial charge in [0.25, 0.3) is 15.9 Å². The van der Waals surface area contributed by atoms with Gasteiger partial charge in [-0.2, -0.15) is 0 Å². The second-order valence-electron chi connectivity index (χ2n) is 6.71. The van der Waals surface area contributed by atoms with Crippen LogP contribution in [0.15, 0.2) is 59.5 Å². The van der Waals surface area contributed by atoms with Gasteiger partial charge in [-0.15, -0.1) is 0 Å². The van der Waals surface area contributed by atoms with Crippen LogP contribution in [0, 0.1) is 0 Å². The zero-order valence-electron chi connectivity index (χ0n) is 14.9. The predicted molar refractivity (Wildman–Crippen MR) is 103 cm³/mol. The number of benzene rings is 2. The summed E-state index contributed by atoms with van der Waals surface area (Å²) in [6, 6.07) is 15.1. The highest BCUT2D eigenvalue weighted by Crippen LogP contribution is 2.24. The quantitative estimate of drug-likeness (QED) is 0.866. The number of hydrogen-bond acceptors (Lipinski definition) is 3. The third-order valence-electron chi connectivity index (χ3n) is 4.86. The maximum Gasteiger partial charge on any atom is 0.261 e. The van der Waals surface area contributed by atoms with E-state index in [1.807, 2.05) is 7.05 Å². The molecule has 26 heavy (non-hydrogen) atoms. The van der Waals surface area contributed by atoms with E-state index in [-0.39, 0.29) is 16.8 Å². The molecule has 138 valence electrons. The molecular weight excluding hydrogens is 348 g/mol. The smallest absolute Gasteiger partial charge is 0.261 e. The summed E-state index contributed by atoms with van der Waals surface area (Å²) in [6.07, 6.45) is 5.60. The van der Waals surface area contributed by atoms with Gasteiger partial charge in [0.1, 0.15) is 0 Å². The Labute approximate surface area is 155 Å². The number of rotatable bonds is 5. The predicted octanol–water partition coefficient (Wildman–Crippen LogP) is 3.89. The summed E-state index contributed by atoms with van der Waals surface area (Å²) in [5.74, 6) is -0.0716. The highest BCUT2D eigenvalue weighted by Gasteiger charge is 2.23. The number of carbonyl (C=O) groups excluding carboxylic acids is 1. The molecule has 0 aromatic heterocycles. The Morgan fingerprint density at radius 2 is 1.69 bits per heavy atom. The third-order valence-corrected chi connectivity index (χ3v) is 6.26. The third kappa shape index (κ3) is 4.25. The lowest BCUT2D eigenvalue weighted by Crippen LogP contribution is -2.38. The molecule has 1 fully saturated rings. The van der Waals surface area contributed by atoms with Crippen LogP contribution >= 0.6 is 0 Å². The average molecular weight is 372 g/mol. The Bertz CT molecular complexity index is 860. The van der Waals surface area contributed by atoms with Crippen LogP contribution in [0.5, 0.6) is 0 Å². The fourth-order valence-corrected chi connectivity index (χ4v) is 4.44. The van der Waals surface area contributed by atoms with Gasteiger partial charge in [0, 0.05) is 24.3 Å². The molecule has 0 bridgehead atoms. The lowest BCUT2D eigenvalue weighted by Gasteiger charge is -2.31. The lowest BCUT2D eigenvalue weighted by molar-refractivity contribution is 0.0696. The van der Waals surface area contributed by atoms with E-state index in [0.29, 0.717) is 11.3 Å². The standard InChI is InChI=1S/C20H24N2O3S/c1-22(18-11-4-2-5-12-18)20(23)16-9-8-10-17(15-16)21-26(24,25)19-13-6-3-7-14-19/h3,6-10,13-15,18,21H,2,4-5,11-12H2,1H3. The van der Waals surface area contributed by atoms with E-state index >= 15 is 0 Å².